The van der Waals surface area contributed by atoms with Crippen LogP contribution in [0.4, 0.5) is 0 Å². The Balaban J connectivity index is 1.71. The van der Waals surface area contributed by atoms with E-state index in [9.17, 15) is 0 Å². The second kappa shape index (κ2) is 3.95. The quantitative estimate of drug-likeness (QED) is 0.473. The summed E-state index contributed by atoms with van der Waals surface area (Å²) in [6, 6.07) is 28.4. The highest BCUT2D eigenvalue weighted by Gasteiger charge is 2.41. The van der Waals surface area contributed by atoms with Gasteiger partial charge in [-0.05, 0) is 39.0 Å². The van der Waals surface area contributed by atoms with Crippen molar-refractivity contribution in [3.05, 3.63) is 107 Å². The van der Waals surface area contributed by atoms with Crippen LogP contribution in [-0.4, -0.2) is 0 Å². The summed E-state index contributed by atoms with van der Waals surface area (Å²) in [4.78, 5) is 0. The SMILES string of the molecule is c1ccc(C(=C2c3ccccc32)C2c3ccccc32)cc1. The molecule has 0 heteroatoms. The molecule has 21 heavy (non-hydrogen) atoms. The van der Waals surface area contributed by atoms with Gasteiger partial charge in [0.25, 0.3) is 0 Å². The van der Waals surface area contributed by atoms with E-state index in [1.54, 1.807) is 0 Å². The number of fused-ring (bicyclic) bond motifs is 2. The molecule has 0 aliphatic heterocycles. The van der Waals surface area contributed by atoms with E-state index in [1.807, 2.05) is 0 Å². The topological polar surface area (TPSA) is 0 Å². The third-order valence-electron chi connectivity index (χ3n) is 4.58. The zero-order valence-electron chi connectivity index (χ0n) is 11.6. The molecule has 0 fully saturated rings. The second-order valence-electron chi connectivity index (χ2n) is 5.76. The van der Waals surface area contributed by atoms with Crippen molar-refractivity contribution in [1.82, 2.24) is 0 Å². The summed E-state index contributed by atoms with van der Waals surface area (Å²) in [5.74, 6) is 0.491. The Labute approximate surface area is 124 Å². The molecular formula is C21H14. The molecule has 5 rings (SSSR count). The molecule has 2 aliphatic rings. The fourth-order valence-corrected chi connectivity index (χ4v) is 3.50. The lowest BCUT2D eigenvalue weighted by atomic mass is 9.97. The second-order valence-corrected chi connectivity index (χ2v) is 5.76. The summed E-state index contributed by atoms with van der Waals surface area (Å²) in [6.07, 6.45) is 0. The molecule has 3 aromatic rings. The Bertz CT molecular complexity index is 837. The van der Waals surface area contributed by atoms with Crippen molar-refractivity contribution in [2.75, 3.05) is 0 Å². The number of allylic oxidation sites excluding steroid dienone is 1. The summed E-state index contributed by atoms with van der Waals surface area (Å²) in [7, 11) is 0. The van der Waals surface area contributed by atoms with Crippen LogP contribution in [0.5, 0.6) is 0 Å². The minimum Gasteiger partial charge on any atom is -0.0622 e. The van der Waals surface area contributed by atoms with Gasteiger partial charge >= 0.3 is 0 Å². The molecule has 0 heterocycles. The lowest BCUT2D eigenvalue weighted by Gasteiger charge is -2.06. The van der Waals surface area contributed by atoms with E-state index in [-0.39, 0.29) is 0 Å². The van der Waals surface area contributed by atoms with Gasteiger partial charge < -0.3 is 0 Å². The Morgan fingerprint density at radius 2 is 1.10 bits per heavy atom. The van der Waals surface area contributed by atoms with Gasteiger partial charge in [-0.15, -0.1) is 0 Å². The first kappa shape index (κ1) is 11.1. The van der Waals surface area contributed by atoms with Crippen LogP contribution in [0, 0.1) is 0 Å². The van der Waals surface area contributed by atoms with E-state index in [4.69, 9.17) is 0 Å². The Kier molecular flexibility index (Phi) is 2.09. The lowest BCUT2D eigenvalue weighted by molar-refractivity contribution is 1.32. The first-order chi connectivity index (χ1) is 10.4. The maximum absolute atomic E-state index is 2.26. The van der Waals surface area contributed by atoms with Crippen LogP contribution in [0.2, 0.25) is 0 Å². The van der Waals surface area contributed by atoms with Gasteiger partial charge in [0.1, 0.15) is 0 Å². The van der Waals surface area contributed by atoms with Gasteiger partial charge in [0.15, 0.2) is 0 Å². The smallest absolute Gasteiger partial charge is 0.0358 e. The molecule has 0 atom stereocenters. The first-order valence-electron chi connectivity index (χ1n) is 7.43. The monoisotopic (exact) mass is 266 g/mol. The first-order valence-corrected chi connectivity index (χ1v) is 7.43. The van der Waals surface area contributed by atoms with Gasteiger partial charge in [0, 0.05) is 5.92 Å². The highest BCUT2D eigenvalue weighted by atomic mass is 14.4. The van der Waals surface area contributed by atoms with Crippen LogP contribution in [0.1, 0.15) is 33.7 Å². The number of hydrogen-bond donors (Lipinski definition) is 0. The molecule has 0 radical (unpaired) electrons. The van der Waals surface area contributed by atoms with Crippen molar-refractivity contribution in [2.24, 2.45) is 0 Å². The molecule has 0 N–H and O–H groups in total. The number of hydrogen-bond acceptors (Lipinski definition) is 0. The Morgan fingerprint density at radius 3 is 1.71 bits per heavy atom. The summed E-state index contributed by atoms with van der Waals surface area (Å²) >= 11 is 0. The van der Waals surface area contributed by atoms with Crippen molar-refractivity contribution in [3.63, 3.8) is 0 Å². The Morgan fingerprint density at radius 1 is 0.571 bits per heavy atom. The average molecular weight is 266 g/mol. The van der Waals surface area contributed by atoms with Crippen LogP contribution in [0.3, 0.4) is 0 Å². The lowest BCUT2D eigenvalue weighted by Crippen LogP contribution is -1.86. The van der Waals surface area contributed by atoms with Gasteiger partial charge in [-0.2, -0.15) is 0 Å². The third-order valence-corrected chi connectivity index (χ3v) is 4.58. The molecule has 0 aromatic heterocycles. The molecule has 0 saturated heterocycles. The Hall–Kier alpha value is -2.60. The van der Waals surface area contributed by atoms with Crippen molar-refractivity contribution in [3.8, 4) is 0 Å². The predicted molar refractivity (Wildman–Crippen MR) is 87.1 cm³/mol. The maximum Gasteiger partial charge on any atom is 0.0358 e. The van der Waals surface area contributed by atoms with Crippen LogP contribution in [-0.2, 0) is 0 Å². The zero-order chi connectivity index (χ0) is 13.8. The molecule has 0 saturated carbocycles. The third kappa shape index (κ3) is 1.56. The van der Waals surface area contributed by atoms with E-state index in [2.05, 4.69) is 78.9 Å². The molecular weight excluding hydrogens is 252 g/mol. The van der Waals surface area contributed by atoms with Crippen molar-refractivity contribution < 1.29 is 0 Å². The number of rotatable bonds is 2. The van der Waals surface area contributed by atoms with Gasteiger partial charge in [-0.1, -0.05) is 78.9 Å². The molecule has 0 nitrogen and oxygen atoms in total. The molecule has 98 valence electrons. The highest BCUT2D eigenvalue weighted by molar-refractivity contribution is 6.15. The van der Waals surface area contributed by atoms with E-state index >= 15 is 0 Å². The molecule has 0 unspecified atom stereocenters. The highest BCUT2D eigenvalue weighted by Crippen LogP contribution is 2.59. The van der Waals surface area contributed by atoms with Gasteiger partial charge in [0.05, 0.1) is 0 Å². The minimum absolute atomic E-state index is 0.491. The van der Waals surface area contributed by atoms with Crippen LogP contribution in [0.25, 0.3) is 11.1 Å². The standard InChI is InChI=1S/C21H14/c1-2-8-14(9-3-1)19(20-15-10-4-5-11-16(15)20)21-17-12-6-7-13-18(17)21/h1-13,20H. The normalized spacial score (nSPS) is 14.4. The summed E-state index contributed by atoms with van der Waals surface area (Å²) in [5, 5.41) is 0. The van der Waals surface area contributed by atoms with Gasteiger partial charge in [-0.3, -0.25) is 0 Å². The van der Waals surface area contributed by atoms with E-state index < -0.39 is 0 Å². The summed E-state index contributed by atoms with van der Waals surface area (Å²) in [5.41, 5.74) is 10.1. The minimum atomic E-state index is 0.491. The van der Waals surface area contributed by atoms with Gasteiger partial charge in [-0.25, -0.2) is 0 Å². The van der Waals surface area contributed by atoms with E-state index in [0.717, 1.165) is 0 Å². The fraction of sp³-hybridized carbons (Fsp3) is 0.0476. The van der Waals surface area contributed by atoms with E-state index in [0.29, 0.717) is 5.92 Å². The average Bonchev–Trinajstić information content (AvgIpc) is 3.45. The van der Waals surface area contributed by atoms with Crippen LogP contribution >= 0.6 is 0 Å². The molecule has 3 aromatic carbocycles. The fourth-order valence-electron chi connectivity index (χ4n) is 3.50. The molecule has 2 aliphatic carbocycles. The number of benzene rings is 3. The maximum atomic E-state index is 2.26. The molecule has 0 spiro atoms. The van der Waals surface area contributed by atoms with Crippen LogP contribution in [0.15, 0.2) is 78.9 Å². The summed E-state index contributed by atoms with van der Waals surface area (Å²) < 4.78 is 0. The largest absolute Gasteiger partial charge is 0.0622 e. The van der Waals surface area contributed by atoms with Crippen molar-refractivity contribution in [1.29, 1.82) is 0 Å². The van der Waals surface area contributed by atoms with Crippen molar-refractivity contribution >= 4 is 11.1 Å². The predicted octanol–water partition coefficient (Wildman–Crippen LogP) is 5.10. The molecule has 0 bridgehead atoms. The van der Waals surface area contributed by atoms with E-state index in [1.165, 1.54) is 39.0 Å². The molecule has 0 amide bonds. The van der Waals surface area contributed by atoms with Crippen LogP contribution < -0.4 is 0 Å². The zero-order valence-corrected chi connectivity index (χ0v) is 11.6. The van der Waals surface area contributed by atoms with Crippen molar-refractivity contribution in [2.45, 2.75) is 5.92 Å². The van der Waals surface area contributed by atoms with Gasteiger partial charge in [0.2, 0.25) is 0 Å². The summed E-state index contributed by atoms with van der Waals surface area (Å²) in [6.45, 7) is 0.